The Morgan fingerprint density at radius 3 is 2.14 bits per heavy atom. The van der Waals surface area contributed by atoms with Gasteiger partial charge >= 0.3 is 0 Å². The predicted octanol–water partition coefficient (Wildman–Crippen LogP) is 2.61. The van der Waals surface area contributed by atoms with Crippen molar-refractivity contribution in [2.75, 3.05) is 26.2 Å². The Hall–Kier alpha value is -2.66. The van der Waals surface area contributed by atoms with E-state index in [1.807, 2.05) is 41.3 Å². The van der Waals surface area contributed by atoms with Crippen molar-refractivity contribution in [3.8, 4) is 0 Å². The van der Waals surface area contributed by atoms with Gasteiger partial charge in [0.25, 0.3) is 0 Å². The molecule has 0 unspecified atom stereocenters. The number of hydrogen-bond donors (Lipinski definition) is 1. The molecule has 2 aliphatic heterocycles. The molecule has 1 N–H and O–H groups in total. The number of piperazine rings is 1. The molecule has 2 heterocycles. The van der Waals surface area contributed by atoms with Crippen molar-refractivity contribution in [1.82, 2.24) is 15.1 Å². The highest BCUT2D eigenvalue weighted by Gasteiger charge is 2.50. The lowest BCUT2D eigenvalue weighted by atomic mass is 9.82. The minimum absolute atomic E-state index is 0.0111. The molecule has 152 valence electrons. The molecule has 0 atom stereocenters. The van der Waals surface area contributed by atoms with E-state index in [4.69, 9.17) is 0 Å². The van der Waals surface area contributed by atoms with Gasteiger partial charge in [-0.15, -0.1) is 0 Å². The molecule has 2 aromatic rings. The summed E-state index contributed by atoms with van der Waals surface area (Å²) >= 11 is 0. The van der Waals surface area contributed by atoms with Crippen LogP contribution in [-0.4, -0.2) is 53.3 Å². The van der Waals surface area contributed by atoms with Gasteiger partial charge in [0.05, 0.1) is 6.54 Å². The Balaban J connectivity index is 1.38. The van der Waals surface area contributed by atoms with Crippen LogP contribution in [0.5, 0.6) is 0 Å². The number of nitrogens with zero attached hydrogens (tertiary/aromatic N) is 2. The van der Waals surface area contributed by atoms with Crippen LogP contribution in [0.25, 0.3) is 0 Å². The Labute approximate surface area is 172 Å². The fourth-order valence-electron chi connectivity index (χ4n) is 4.58. The lowest BCUT2D eigenvalue weighted by molar-refractivity contribution is -0.158. The lowest BCUT2D eigenvalue weighted by Crippen LogP contribution is -2.69. The number of carbonyl (C=O) groups excluding carboxylic acids is 2. The van der Waals surface area contributed by atoms with Crippen LogP contribution in [0.3, 0.4) is 0 Å². The van der Waals surface area contributed by atoms with Gasteiger partial charge in [-0.25, -0.2) is 0 Å². The van der Waals surface area contributed by atoms with Crippen LogP contribution in [0.2, 0.25) is 0 Å². The fourth-order valence-corrected chi connectivity index (χ4v) is 4.58. The molecule has 2 amide bonds. The molecule has 0 bridgehead atoms. The van der Waals surface area contributed by atoms with Crippen molar-refractivity contribution in [3.05, 3.63) is 71.8 Å². The number of benzene rings is 2. The summed E-state index contributed by atoms with van der Waals surface area (Å²) in [4.78, 5) is 29.9. The normalized spacial score (nSPS) is 19.4. The third-order valence-corrected chi connectivity index (χ3v) is 6.29. The van der Waals surface area contributed by atoms with Crippen molar-refractivity contribution < 1.29 is 9.59 Å². The second-order valence-electron chi connectivity index (χ2n) is 8.11. The largest absolute Gasteiger partial charge is 0.345 e. The third-order valence-electron chi connectivity index (χ3n) is 6.29. The Morgan fingerprint density at radius 2 is 1.48 bits per heavy atom. The van der Waals surface area contributed by atoms with Crippen molar-refractivity contribution in [3.63, 3.8) is 0 Å². The van der Waals surface area contributed by atoms with Gasteiger partial charge < -0.3 is 15.1 Å². The van der Waals surface area contributed by atoms with Crippen LogP contribution in [0, 0.1) is 0 Å². The van der Waals surface area contributed by atoms with Gasteiger partial charge in [-0.1, -0.05) is 60.7 Å². The van der Waals surface area contributed by atoms with Gasteiger partial charge in [0.15, 0.2) is 0 Å². The van der Waals surface area contributed by atoms with Crippen LogP contribution in [-0.2, 0) is 22.6 Å². The van der Waals surface area contributed by atoms with Crippen molar-refractivity contribution >= 4 is 11.8 Å². The van der Waals surface area contributed by atoms with Crippen LogP contribution < -0.4 is 5.32 Å². The number of nitrogens with one attached hydrogen (secondary N) is 1. The summed E-state index contributed by atoms with van der Waals surface area (Å²) in [5.74, 6) is 0.0305. The monoisotopic (exact) mass is 391 g/mol. The molecule has 0 aliphatic carbocycles. The minimum Gasteiger partial charge on any atom is -0.345 e. The topological polar surface area (TPSA) is 52.7 Å². The van der Waals surface area contributed by atoms with Gasteiger partial charge in [0.2, 0.25) is 11.8 Å². The van der Waals surface area contributed by atoms with E-state index < -0.39 is 5.54 Å². The summed E-state index contributed by atoms with van der Waals surface area (Å²) < 4.78 is 0. The molecule has 2 saturated heterocycles. The molecule has 2 fully saturated rings. The summed E-state index contributed by atoms with van der Waals surface area (Å²) in [6.07, 6.45) is 3.57. The van der Waals surface area contributed by atoms with Crippen LogP contribution in [0.1, 0.15) is 30.4 Å². The number of aryl methyl sites for hydroxylation is 1. The summed E-state index contributed by atoms with van der Waals surface area (Å²) in [5, 5.41) is 2.84. The molecule has 5 heteroatoms. The SMILES string of the molecule is O=C1CNC(=O)C2(CCN(CCCc3ccccc3)CC2)N1Cc1ccccc1. The molecule has 29 heavy (non-hydrogen) atoms. The number of rotatable bonds is 6. The van der Waals surface area contributed by atoms with Crippen molar-refractivity contribution in [2.45, 2.75) is 37.8 Å². The van der Waals surface area contributed by atoms with Crippen LogP contribution in [0.4, 0.5) is 0 Å². The smallest absolute Gasteiger partial charge is 0.246 e. The first-order valence-corrected chi connectivity index (χ1v) is 10.6. The van der Waals surface area contributed by atoms with Crippen LogP contribution >= 0.6 is 0 Å². The van der Waals surface area contributed by atoms with E-state index in [-0.39, 0.29) is 18.4 Å². The van der Waals surface area contributed by atoms with Gasteiger partial charge in [0.1, 0.15) is 5.54 Å². The molecule has 0 saturated carbocycles. The summed E-state index contributed by atoms with van der Waals surface area (Å²) in [7, 11) is 0. The van der Waals surface area contributed by atoms with Crippen LogP contribution in [0.15, 0.2) is 60.7 Å². The van der Waals surface area contributed by atoms with E-state index in [0.717, 1.165) is 38.0 Å². The number of likely N-dealkylation sites (tertiary alicyclic amines) is 1. The van der Waals surface area contributed by atoms with Gasteiger partial charge in [-0.05, 0) is 43.4 Å². The fraction of sp³-hybridized carbons (Fsp3) is 0.417. The van der Waals surface area contributed by atoms with E-state index in [0.29, 0.717) is 19.4 Å². The van der Waals surface area contributed by atoms with Crippen molar-refractivity contribution in [1.29, 1.82) is 0 Å². The molecule has 0 radical (unpaired) electrons. The molecule has 5 nitrogen and oxygen atoms in total. The second-order valence-corrected chi connectivity index (χ2v) is 8.11. The van der Waals surface area contributed by atoms with E-state index >= 15 is 0 Å². The zero-order valence-corrected chi connectivity index (χ0v) is 16.8. The first kappa shape index (κ1) is 19.6. The standard InChI is InChI=1S/C24H29N3O2/c28-22-18-25-23(29)24(27(22)19-21-10-5-2-6-11-21)13-16-26(17-14-24)15-7-12-20-8-3-1-4-9-20/h1-6,8-11H,7,12-19H2,(H,25,29). The molecule has 2 aromatic carbocycles. The number of amides is 2. The third kappa shape index (κ3) is 4.35. The first-order valence-electron chi connectivity index (χ1n) is 10.6. The Morgan fingerprint density at radius 1 is 0.862 bits per heavy atom. The van der Waals surface area contributed by atoms with Gasteiger partial charge in [-0.3, -0.25) is 9.59 Å². The molecular formula is C24H29N3O2. The van der Waals surface area contributed by atoms with E-state index in [9.17, 15) is 9.59 Å². The predicted molar refractivity (Wildman–Crippen MR) is 113 cm³/mol. The number of carbonyl (C=O) groups is 2. The quantitative estimate of drug-likeness (QED) is 0.824. The molecule has 0 aromatic heterocycles. The van der Waals surface area contributed by atoms with E-state index in [1.165, 1.54) is 5.56 Å². The summed E-state index contributed by atoms with van der Waals surface area (Å²) in [5.41, 5.74) is 1.73. The van der Waals surface area contributed by atoms with E-state index in [1.54, 1.807) is 0 Å². The zero-order chi connectivity index (χ0) is 20.1. The average molecular weight is 392 g/mol. The lowest BCUT2D eigenvalue weighted by Gasteiger charge is -2.50. The maximum Gasteiger partial charge on any atom is 0.246 e. The van der Waals surface area contributed by atoms with Crippen molar-refractivity contribution in [2.24, 2.45) is 0 Å². The maximum atomic E-state index is 12.9. The average Bonchev–Trinajstić information content (AvgIpc) is 2.77. The molecule has 4 rings (SSSR count). The molecule has 1 spiro atoms. The Bertz CT molecular complexity index is 830. The summed E-state index contributed by atoms with van der Waals surface area (Å²) in [6.45, 7) is 3.33. The minimum atomic E-state index is -0.707. The van der Waals surface area contributed by atoms with Gasteiger partial charge in [0, 0.05) is 19.6 Å². The summed E-state index contributed by atoms with van der Waals surface area (Å²) in [6, 6.07) is 20.5. The highest BCUT2D eigenvalue weighted by atomic mass is 16.2. The highest BCUT2D eigenvalue weighted by Crippen LogP contribution is 2.33. The molecule has 2 aliphatic rings. The number of piperidine rings is 1. The Kier molecular flexibility index (Phi) is 5.95. The second kappa shape index (κ2) is 8.78. The maximum absolute atomic E-state index is 12.9. The van der Waals surface area contributed by atoms with Gasteiger partial charge in [-0.2, -0.15) is 0 Å². The first-order chi connectivity index (χ1) is 14.2. The van der Waals surface area contributed by atoms with E-state index in [2.05, 4.69) is 34.5 Å². The highest BCUT2D eigenvalue weighted by molar-refractivity contribution is 5.98. The number of hydrogen-bond acceptors (Lipinski definition) is 3. The zero-order valence-electron chi connectivity index (χ0n) is 16.8. The molecular weight excluding hydrogens is 362 g/mol.